The topological polar surface area (TPSA) is 57.7 Å². The molecule has 134 valence electrons. The Bertz CT molecular complexity index is 697. The largest absolute Gasteiger partial charge is 0.340 e. The van der Waals surface area contributed by atoms with Gasteiger partial charge in [0.25, 0.3) is 0 Å². The van der Waals surface area contributed by atoms with E-state index in [-0.39, 0.29) is 11.8 Å². The minimum absolute atomic E-state index is 0.00487. The first kappa shape index (κ1) is 18.9. The fourth-order valence-electron chi connectivity index (χ4n) is 3.34. The van der Waals surface area contributed by atoms with Crippen LogP contribution < -0.4 is 0 Å². The third-order valence-corrected chi connectivity index (χ3v) is 6.99. The van der Waals surface area contributed by atoms with Crippen molar-refractivity contribution >= 4 is 15.9 Å². The van der Waals surface area contributed by atoms with E-state index in [1.807, 2.05) is 46.8 Å². The van der Waals surface area contributed by atoms with Crippen molar-refractivity contribution in [2.45, 2.75) is 45.9 Å². The molecule has 0 N–H and O–H groups in total. The van der Waals surface area contributed by atoms with Gasteiger partial charge in [-0.25, -0.2) is 8.42 Å². The lowest BCUT2D eigenvalue weighted by molar-refractivity contribution is -0.136. The van der Waals surface area contributed by atoms with E-state index in [4.69, 9.17) is 0 Å². The molecule has 0 bridgehead atoms. The van der Waals surface area contributed by atoms with E-state index in [0.29, 0.717) is 31.1 Å². The first-order valence-electron chi connectivity index (χ1n) is 8.55. The van der Waals surface area contributed by atoms with Crippen molar-refractivity contribution in [2.24, 2.45) is 5.92 Å². The smallest absolute Gasteiger partial charge is 0.243 e. The Labute approximate surface area is 145 Å². The Morgan fingerprint density at radius 2 is 1.58 bits per heavy atom. The van der Waals surface area contributed by atoms with E-state index in [2.05, 4.69) is 0 Å². The van der Waals surface area contributed by atoms with Crippen LogP contribution in [-0.4, -0.2) is 49.7 Å². The molecule has 24 heavy (non-hydrogen) atoms. The molecule has 1 unspecified atom stereocenters. The summed E-state index contributed by atoms with van der Waals surface area (Å²) < 4.78 is 27.6. The molecule has 6 heteroatoms. The molecule has 1 fully saturated rings. The van der Waals surface area contributed by atoms with Gasteiger partial charge < -0.3 is 4.90 Å². The van der Waals surface area contributed by atoms with Gasteiger partial charge in [-0.15, -0.1) is 0 Å². The summed E-state index contributed by atoms with van der Waals surface area (Å²) in [6.45, 7) is 11.2. The van der Waals surface area contributed by atoms with Gasteiger partial charge in [0, 0.05) is 32.1 Å². The summed E-state index contributed by atoms with van der Waals surface area (Å²) >= 11 is 0. The molecule has 0 aliphatic carbocycles. The molecule has 1 aliphatic rings. The van der Waals surface area contributed by atoms with Gasteiger partial charge in [-0.3, -0.25) is 4.79 Å². The van der Waals surface area contributed by atoms with Crippen LogP contribution in [-0.2, 0) is 14.8 Å². The molecule has 1 amide bonds. The van der Waals surface area contributed by atoms with Crippen molar-refractivity contribution in [2.75, 3.05) is 26.2 Å². The number of piperazine rings is 1. The lowest BCUT2D eigenvalue weighted by atomic mass is 10.1. The van der Waals surface area contributed by atoms with Crippen LogP contribution in [0.5, 0.6) is 0 Å². The fourth-order valence-corrected chi connectivity index (χ4v) is 5.17. The van der Waals surface area contributed by atoms with Gasteiger partial charge in [0.2, 0.25) is 15.9 Å². The Morgan fingerprint density at radius 3 is 2.04 bits per heavy atom. The van der Waals surface area contributed by atoms with E-state index in [1.54, 1.807) is 4.90 Å². The number of hydrogen-bond acceptors (Lipinski definition) is 3. The zero-order chi connectivity index (χ0) is 18.1. The van der Waals surface area contributed by atoms with E-state index in [0.717, 1.165) is 23.1 Å². The molecule has 1 aromatic rings. The summed E-state index contributed by atoms with van der Waals surface area (Å²) in [5, 5.41) is 0. The molecule has 0 radical (unpaired) electrons. The first-order chi connectivity index (χ1) is 11.2. The average Bonchev–Trinajstić information content (AvgIpc) is 2.52. The predicted octanol–water partition coefficient (Wildman–Crippen LogP) is 2.49. The number of aryl methyl sites for hydroxylation is 3. The number of carbonyl (C=O) groups excluding carboxylic acids is 1. The molecule has 1 heterocycles. The molecular weight excluding hydrogens is 324 g/mol. The molecule has 2 rings (SSSR count). The number of amides is 1. The lowest BCUT2D eigenvalue weighted by Crippen LogP contribution is -2.51. The summed E-state index contributed by atoms with van der Waals surface area (Å²) in [6.07, 6.45) is 0.805. The summed E-state index contributed by atoms with van der Waals surface area (Å²) in [4.78, 5) is 14.5. The van der Waals surface area contributed by atoms with Crippen molar-refractivity contribution < 1.29 is 13.2 Å². The number of nitrogens with zero attached hydrogens (tertiary/aromatic N) is 2. The van der Waals surface area contributed by atoms with Crippen LogP contribution in [0.4, 0.5) is 0 Å². The van der Waals surface area contributed by atoms with Gasteiger partial charge >= 0.3 is 0 Å². The van der Waals surface area contributed by atoms with Crippen molar-refractivity contribution in [3.63, 3.8) is 0 Å². The summed E-state index contributed by atoms with van der Waals surface area (Å²) in [7, 11) is -3.52. The van der Waals surface area contributed by atoms with Crippen LogP contribution in [0, 0.1) is 26.7 Å². The molecule has 1 aliphatic heterocycles. The van der Waals surface area contributed by atoms with Gasteiger partial charge in [0.15, 0.2) is 0 Å². The van der Waals surface area contributed by atoms with E-state index in [9.17, 15) is 13.2 Å². The second-order valence-electron chi connectivity index (χ2n) is 6.77. The molecule has 0 spiro atoms. The van der Waals surface area contributed by atoms with Gasteiger partial charge in [-0.1, -0.05) is 31.5 Å². The van der Waals surface area contributed by atoms with E-state index < -0.39 is 10.0 Å². The van der Waals surface area contributed by atoms with Gasteiger partial charge in [-0.05, 0) is 38.3 Å². The third-order valence-electron chi connectivity index (χ3n) is 4.79. The van der Waals surface area contributed by atoms with Crippen LogP contribution >= 0.6 is 0 Å². The molecule has 1 saturated heterocycles. The number of rotatable bonds is 4. The lowest BCUT2D eigenvalue weighted by Gasteiger charge is -2.35. The first-order valence-corrected chi connectivity index (χ1v) is 9.99. The van der Waals surface area contributed by atoms with Gasteiger partial charge in [0.05, 0.1) is 4.90 Å². The van der Waals surface area contributed by atoms with Crippen LogP contribution in [0.15, 0.2) is 17.0 Å². The summed E-state index contributed by atoms with van der Waals surface area (Å²) in [5.74, 6) is 0.118. The van der Waals surface area contributed by atoms with Gasteiger partial charge in [-0.2, -0.15) is 4.31 Å². The fraction of sp³-hybridized carbons (Fsp3) is 0.611. The van der Waals surface area contributed by atoms with Crippen molar-refractivity contribution in [3.05, 3.63) is 28.8 Å². The highest BCUT2D eigenvalue weighted by Gasteiger charge is 2.32. The highest BCUT2D eigenvalue weighted by atomic mass is 32.2. The van der Waals surface area contributed by atoms with Crippen LogP contribution in [0.2, 0.25) is 0 Å². The maximum Gasteiger partial charge on any atom is 0.243 e. The Morgan fingerprint density at radius 1 is 1.08 bits per heavy atom. The summed E-state index contributed by atoms with van der Waals surface area (Å²) in [6, 6.07) is 3.81. The molecule has 1 atom stereocenters. The highest BCUT2D eigenvalue weighted by Crippen LogP contribution is 2.26. The number of benzene rings is 1. The maximum absolute atomic E-state index is 13.0. The predicted molar refractivity (Wildman–Crippen MR) is 95.4 cm³/mol. The second-order valence-corrected chi connectivity index (χ2v) is 8.64. The van der Waals surface area contributed by atoms with E-state index >= 15 is 0 Å². The highest BCUT2D eigenvalue weighted by molar-refractivity contribution is 7.89. The monoisotopic (exact) mass is 352 g/mol. The van der Waals surface area contributed by atoms with Crippen molar-refractivity contribution in [3.8, 4) is 0 Å². The zero-order valence-electron chi connectivity index (χ0n) is 15.3. The molecule has 1 aromatic carbocycles. The normalized spacial score (nSPS) is 17.8. The zero-order valence-corrected chi connectivity index (χ0v) is 16.1. The quantitative estimate of drug-likeness (QED) is 0.836. The standard InChI is InChI=1S/C18H28N2O3S/c1-6-14(3)18(21)19-7-9-20(10-8-19)24(22,23)17-15(4)11-13(2)12-16(17)5/h11-12,14H,6-10H2,1-5H3. The Kier molecular flexibility index (Phi) is 5.71. The number of hydrogen-bond donors (Lipinski definition) is 0. The van der Waals surface area contributed by atoms with Crippen LogP contribution in [0.1, 0.15) is 37.0 Å². The molecule has 5 nitrogen and oxygen atoms in total. The van der Waals surface area contributed by atoms with Crippen molar-refractivity contribution in [1.29, 1.82) is 0 Å². The SMILES string of the molecule is CCC(C)C(=O)N1CCN(S(=O)(=O)c2c(C)cc(C)cc2C)CC1. The molecule has 0 saturated carbocycles. The minimum Gasteiger partial charge on any atom is -0.340 e. The second kappa shape index (κ2) is 7.23. The van der Waals surface area contributed by atoms with E-state index in [1.165, 1.54) is 4.31 Å². The van der Waals surface area contributed by atoms with Crippen LogP contribution in [0.25, 0.3) is 0 Å². The Hall–Kier alpha value is -1.40. The van der Waals surface area contributed by atoms with Crippen molar-refractivity contribution in [1.82, 2.24) is 9.21 Å². The van der Waals surface area contributed by atoms with Gasteiger partial charge in [0.1, 0.15) is 0 Å². The minimum atomic E-state index is -3.52. The summed E-state index contributed by atoms with van der Waals surface area (Å²) in [5.41, 5.74) is 2.63. The number of sulfonamides is 1. The van der Waals surface area contributed by atoms with Crippen LogP contribution in [0.3, 0.4) is 0 Å². The Balaban J connectivity index is 2.18. The average molecular weight is 353 g/mol. The molecule has 0 aromatic heterocycles. The maximum atomic E-state index is 13.0. The third kappa shape index (κ3) is 3.64. The molecular formula is C18H28N2O3S. The number of carbonyl (C=O) groups is 1.